The lowest BCUT2D eigenvalue weighted by Crippen LogP contribution is -2.15. The molecule has 1 aliphatic rings. The fourth-order valence-electron chi connectivity index (χ4n) is 3.15. The molecule has 0 heterocycles. The van der Waals surface area contributed by atoms with Crippen LogP contribution in [0.3, 0.4) is 0 Å². The molecule has 4 rings (SSSR count). The van der Waals surface area contributed by atoms with Crippen LogP contribution < -0.4 is 0 Å². The molecular weight excluding hydrogens is 392 g/mol. The van der Waals surface area contributed by atoms with Gasteiger partial charge in [-0.3, -0.25) is 0 Å². The van der Waals surface area contributed by atoms with Gasteiger partial charge in [-0.15, -0.1) is 0 Å². The number of carboxylic acid groups (broad SMARTS) is 4. The molecule has 0 saturated heterocycles. The van der Waals surface area contributed by atoms with Crippen LogP contribution in [-0.4, -0.2) is 44.3 Å². The number of hydrogen-bond acceptors (Lipinski definition) is 4. The van der Waals surface area contributed by atoms with Gasteiger partial charge in [-0.05, 0) is 34.4 Å². The zero-order chi connectivity index (χ0) is 22.0. The Balaban J connectivity index is 0.000000182. The van der Waals surface area contributed by atoms with Crippen molar-refractivity contribution in [2.24, 2.45) is 0 Å². The summed E-state index contributed by atoms with van der Waals surface area (Å²) in [6.07, 6.45) is 0. The summed E-state index contributed by atoms with van der Waals surface area (Å²) in [7, 11) is 0. The molecule has 4 N–H and O–H groups in total. The molecule has 0 radical (unpaired) electrons. The number of carbonyl (C=O) groups is 4. The highest BCUT2D eigenvalue weighted by atomic mass is 16.4. The first-order chi connectivity index (χ1) is 14.2. The maximum absolute atomic E-state index is 10.8. The van der Waals surface area contributed by atoms with E-state index in [1.807, 2.05) is 0 Å². The summed E-state index contributed by atoms with van der Waals surface area (Å²) in [5.74, 6) is -6.64. The quantitative estimate of drug-likeness (QED) is 0.400. The molecule has 0 fully saturated rings. The number of rotatable bonds is 4. The van der Waals surface area contributed by atoms with Crippen LogP contribution in [0.5, 0.6) is 0 Å². The Morgan fingerprint density at radius 3 is 0.800 bits per heavy atom. The van der Waals surface area contributed by atoms with E-state index in [1.54, 1.807) is 0 Å². The van der Waals surface area contributed by atoms with Gasteiger partial charge < -0.3 is 20.4 Å². The highest BCUT2D eigenvalue weighted by Gasteiger charge is 2.25. The molecule has 0 atom stereocenters. The van der Waals surface area contributed by atoms with Crippen LogP contribution in [0.25, 0.3) is 22.3 Å². The van der Waals surface area contributed by atoms with Gasteiger partial charge in [0, 0.05) is 0 Å². The van der Waals surface area contributed by atoms with E-state index in [4.69, 9.17) is 20.4 Å². The summed E-state index contributed by atoms with van der Waals surface area (Å²) in [6, 6.07) is 18.1. The predicted molar refractivity (Wildman–Crippen MR) is 105 cm³/mol. The largest absolute Gasteiger partial charge is 0.478 e. The normalized spacial score (nSPS) is 10.4. The average Bonchev–Trinajstić information content (AvgIpc) is 2.71. The lowest BCUT2D eigenvalue weighted by Gasteiger charge is -2.22. The average molecular weight is 406 g/mol. The van der Waals surface area contributed by atoms with Crippen molar-refractivity contribution in [3.8, 4) is 22.3 Å². The second-order valence-corrected chi connectivity index (χ2v) is 6.26. The minimum Gasteiger partial charge on any atom is -0.478 e. The fourth-order valence-corrected chi connectivity index (χ4v) is 3.15. The molecular formula is C22H14O8. The summed E-state index contributed by atoms with van der Waals surface area (Å²) in [5, 5.41) is 35.0. The maximum atomic E-state index is 10.8. The van der Waals surface area contributed by atoms with Crippen molar-refractivity contribution in [3.05, 3.63) is 82.9 Å². The first-order valence-corrected chi connectivity index (χ1v) is 8.52. The van der Waals surface area contributed by atoms with Gasteiger partial charge >= 0.3 is 23.9 Å². The SMILES string of the molecule is O=C(O)c1cc(C(=O)O)c(C(=O)O)cc1C(=O)O.c1ccc2c(c1)-c1ccccc1-2. The van der Waals surface area contributed by atoms with Crippen molar-refractivity contribution >= 4 is 23.9 Å². The molecule has 0 amide bonds. The number of aromatic carboxylic acids is 4. The molecule has 0 bridgehead atoms. The highest BCUT2D eigenvalue weighted by molar-refractivity contribution is 6.09. The van der Waals surface area contributed by atoms with Crippen molar-refractivity contribution < 1.29 is 39.6 Å². The van der Waals surface area contributed by atoms with Gasteiger partial charge in [0.25, 0.3) is 0 Å². The number of hydrogen-bond donors (Lipinski definition) is 4. The van der Waals surface area contributed by atoms with Gasteiger partial charge in [0.05, 0.1) is 22.3 Å². The van der Waals surface area contributed by atoms with E-state index in [-0.39, 0.29) is 0 Å². The molecule has 3 aromatic carbocycles. The molecule has 8 nitrogen and oxygen atoms in total. The summed E-state index contributed by atoms with van der Waals surface area (Å²) < 4.78 is 0. The zero-order valence-corrected chi connectivity index (χ0v) is 15.2. The van der Waals surface area contributed by atoms with E-state index in [0.717, 1.165) is 0 Å². The molecule has 0 aromatic heterocycles. The Hall–Kier alpha value is -4.46. The molecule has 3 aromatic rings. The van der Waals surface area contributed by atoms with Crippen LogP contribution in [0, 0.1) is 0 Å². The summed E-state index contributed by atoms with van der Waals surface area (Å²) in [6.45, 7) is 0. The maximum Gasteiger partial charge on any atom is 0.336 e. The topological polar surface area (TPSA) is 149 Å². The van der Waals surface area contributed by atoms with E-state index < -0.39 is 46.1 Å². The van der Waals surface area contributed by atoms with E-state index in [1.165, 1.54) is 22.3 Å². The molecule has 1 aliphatic carbocycles. The number of benzene rings is 3. The molecule has 0 spiro atoms. The summed E-state index contributed by atoms with van der Waals surface area (Å²) in [4.78, 5) is 43.1. The van der Waals surface area contributed by atoms with E-state index in [2.05, 4.69) is 48.5 Å². The van der Waals surface area contributed by atoms with E-state index in [0.29, 0.717) is 12.1 Å². The molecule has 8 heteroatoms. The Morgan fingerprint density at radius 1 is 0.433 bits per heavy atom. The van der Waals surface area contributed by atoms with Crippen molar-refractivity contribution in [1.82, 2.24) is 0 Å². The lowest BCUT2D eigenvalue weighted by molar-refractivity contribution is 0.0637. The standard InChI is InChI=1S/C12H8.C10H6O8/c1-2-6-10-9(5-1)11-7-3-4-8-12(10)11;11-7(12)3-1-4(8(13)14)6(10(17)18)2-5(3)9(15)16/h1-8H;1-2H,(H,11,12)(H,13,14)(H,15,16)(H,17,18). The van der Waals surface area contributed by atoms with Crippen LogP contribution in [0.4, 0.5) is 0 Å². The molecule has 150 valence electrons. The van der Waals surface area contributed by atoms with Crippen LogP contribution >= 0.6 is 0 Å². The Bertz CT molecular complexity index is 1010. The number of carboxylic acids is 4. The summed E-state index contributed by atoms with van der Waals surface area (Å²) >= 11 is 0. The monoisotopic (exact) mass is 406 g/mol. The molecule has 0 saturated carbocycles. The third-order valence-corrected chi connectivity index (χ3v) is 4.51. The minimum atomic E-state index is -1.66. The van der Waals surface area contributed by atoms with Gasteiger partial charge in [-0.2, -0.15) is 0 Å². The van der Waals surface area contributed by atoms with Gasteiger partial charge in [-0.1, -0.05) is 48.5 Å². The third-order valence-electron chi connectivity index (χ3n) is 4.51. The minimum absolute atomic E-state index is 0.511. The number of fused-ring (bicyclic) bond motifs is 4. The molecule has 30 heavy (non-hydrogen) atoms. The van der Waals surface area contributed by atoms with Gasteiger partial charge in [-0.25, -0.2) is 19.2 Å². The second-order valence-electron chi connectivity index (χ2n) is 6.26. The van der Waals surface area contributed by atoms with Crippen LogP contribution in [-0.2, 0) is 0 Å². The molecule has 0 unspecified atom stereocenters. The Kier molecular flexibility index (Phi) is 5.33. The zero-order valence-electron chi connectivity index (χ0n) is 15.2. The van der Waals surface area contributed by atoms with Crippen molar-refractivity contribution in [3.63, 3.8) is 0 Å². The van der Waals surface area contributed by atoms with Crippen molar-refractivity contribution in [1.29, 1.82) is 0 Å². The van der Waals surface area contributed by atoms with Gasteiger partial charge in [0.15, 0.2) is 0 Å². The third kappa shape index (κ3) is 3.61. The highest BCUT2D eigenvalue weighted by Crippen LogP contribution is 2.46. The van der Waals surface area contributed by atoms with Crippen LogP contribution in [0.1, 0.15) is 41.4 Å². The Morgan fingerprint density at radius 2 is 0.633 bits per heavy atom. The van der Waals surface area contributed by atoms with E-state index >= 15 is 0 Å². The van der Waals surface area contributed by atoms with Crippen LogP contribution in [0.2, 0.25) is 0 Å². The predicted octanol–water partition coefficient (Wildman–Crippen LogP) is 3.81. The second kappa shape index (κ2) is 7.88. The molecule has 0 aliphatic heterocycles. The lowest BCUT2D eigenvalue weighted by atomic mass is 9.81. The summed E-state index contributed by atoms with van der Waals surface area (Å²) in [5.41, 5.74) is 2.44. The van der Waals surface area contributed by atoms with Gasteiger partial charge in [0.1, 0.15) is 0 Å². The van der Waals surface area contributed by atoms with Crippen molar-refractivity contribution in [2.45, 2.75) is 0 Å². The van der Waals surface area contributed by atoms with E-state index in [9.17, 15) is 19.2 Å². The van der Waals surface area contributed by atoms with Gasteiger partial charge in [0.2, 0.25) is 0 Å². The van der Waals surface area contributed by atoms with Crippen molar-refractivity contribution in [2.75, 3.05) is 0 Å². The first kappa shape index (κ1) is 20.3. The first-order valence-electron chi connectivity index (χ1n) is 8.52. The smallest absolute Gasteiger partial charge is 0.336 e. The Labute approximate surface area is 169 Å². The fraction of sp³-hybridized carbons (Fsp3) is 0. The van der Waals surface area contributed by atoms with Crippen LogP contribution in [0.15, 0.2) is 60.7 Å².